The third-order valence-corrected chi connectivity index (χ3v) is 2.17. The molecule has 0 aliphatic rings. The summed E-state index contributed by atoms with van der Waals surface area (Å²) in [5, 5.41) is 0. The Hall–Kier alpha value is -1.83. The van der Waals surface area contributed by atoms with E-state index >= 15 is 0 Å². The number of hydrogen-bond donors (Lipinski definition) is 0. The van der Waals surface area contributed by atoms with Gasteiger partial charge in [0.1, 0.15) is 0 Å². The molecule has 0 atom stereocenters. The van der Waals surface area contributed by atoms with Gasteiger partial charge in [0, 0.05) is 18.4 Å². The van der Waals surface area contributed by atoms with Gasteiger partial charge in [0.2, 0.25) is 0 Å². The second-order valence-corrected chi connectivity index (χ2v) is 3.25. The number of nitrogens with zero attached hydrogens (tertiary/aromatic N) is 2. The SMILES string of the molecule is C=C/C=C(\C=C)N(C)c1ccc(C)nc1. The van der Waals surface area contributed by atoms with Crippen molar-refractivity contribution in [3.8, 4) is 0 Å². The highest BCUT2D eigenvalue weighted by atomic mass is 15.1. The van der Waals surface area contributed by atoms with Crippen molar-refractivity contribution in [2.24, 2.45) is 0 Å². The lowest BCUT2D eigenvalue weighted by atomic mass is 10.3. The normalized spacial score (nSPS) is 10.9. The number of hydrogen-bond acceptors (Lipinski definition) is 2. The fourth-order valence-electron chi connectivity index (χ4n) is 1.24. The van der Waals surface area contributed by atoms with Gasteiger partial charge in [-0.3, -0.25) is 4.98 Å². The Balaban J connectivity index is 2.97. The van der Waals surface area contributed by atoms with Crippen LogP contribution in [0.4, 0.5) is 5.69 Å². The van der Waals surface area contributed by atoms with Gasteiger partial charge < -0.3 is 4.90 Å². The number of aryl methyl sites for hydroxylation is 1. The first-order valence-electron chi connectivity index (χ1n) is 4.80. The lowest BCUT2D eigenvalue weighted by Crippen LogP contribution is -2.14. The van der Waals surface area contributed by atoms with Crippen LogP contribution in [-0.4, -0.2) is 12.0 Å². The van der Waals surface area contributed by atoms with Crippen molar-refractivity contribution in [1.29, 1.82) is 0 Å². The summed E-state index contributed by atoms with van der Waals surface area (Å²) in [4.78, 5) is 6.26. The minimum atomic E-state index is 0.996. The monoisotopic (exact) mass is 200 g/mol. The fraction of sp³-hybridized carbons (Fsp3) is 0.154. The van der Waals surface area contributed by atoms with Gasteiger partial charge in [-0.2, -0.15) is 0 Å². The molecule has 0 aliphatic heterocycles. The molecule has 0 fully saturated rings. The molecular weight excluding hydrogens is 184 g/mol. The summed E-state index contributed by atoms with van der Waals surface area (Å²) in [6.07, 6.45) is 7.29. The zero-order chi connectivity index (χ0) is 11.3. The van der Waals surface area contributed by atoms with Crippen molar-refractivity contribution >= 4 is 5.69 Å². The van der Waals surface area contributed by atoms with Crippen molar-refractivity contribution in [1.82, 2.24) is 4.98 Å². The molecule has 0 unspecified atom stereocenters. The van der Waals surface area contributed by atoms with Crippen molar-refractivity contribution in [2.75, 3.05) is 11.9 Å². The minimum Gasteiger partial charge on any atom is -0.343 e. The van der Waals surface area contributed by atoms with Crippen LogP contribution in [0.2, 0.25) is 0 Å². The minimum absolute atomic E-state index is 0.996. The van der Waals surface area contributed by atoms with Crippen LogP contribution in [0.15, 0.2) is 55.4 Å². The number of allylic oxidation sites excluding steroid dienone is 3. The highest BCUT2D eigenvalue weighted by Gasteiger charge is 2.02. The third-order valence-electron chi connectivity index (χ3n) is 2.17. The quantitative estimate of drug-likeness (QED) is 0.694. The summed E-state index contributed by atoms with van der Waals surface area (Å²) in [6, 6.07) is 4.02. The number of aromatic nitrogens is 1. The number of pyridine rings is 1. The van der Waals surface area contributed by atoms with Gasteiger partial charge in [-0.25, -0.2) is 0 Å². The molecule has 2 nitrogen and oxygen atoms in total. The average molecular weight is 200 g/mol. The van der Waals surface area contributed by atoms with Crippen LogP contribution in [0, 0.1) is 6.92 Å². The van der Waals surface area contributed by atoms with Crippen LogP contribution >= 0.6 is 0 Å². The van der Waals surface area contributed by atoms with Gasteiger partial charge >= 0.3 is 0 Å². The Bertz CT molecular complexity index is 374. The van der Waals surface area contributed by atoms with E-state index in [0.717, 1.165) is 17.1 Å². The molecule has 15 heavy (non-hydrogen) atoms. The smallest absolute Gasteiger partial charge is 0.0594 e. The lowest BCUT2D eigenvalue weighted by Gasteiger charge is -2.19. The molecule has 0 radical (unpaired) electrons. The first kappa shape index (κ1) is 11.2. The summed E-state index contributed by atoms with van der Waals surface area (Å²) in [5.74, 6) is 0. The predicted molar refractivity (Wildman–Crippen MR) is 65.9 cm³/mol. The van der Waals surface area contributed by atoms with Crippen molar-refractivity contribution in [3.05, 3.63) is 61.1 Å². The summed E-state index contributed by atoms with van der Waals surface area (Å²) in [5.41, 5.74) is 3.05. The maximum absolute atomic E-state index is 4.25. The first-order valence-corrected chi connectivity index (χ1v) is 4.80. The maximum Gasteiger partial charge on any atom is 0.0594 e. The molecule has 1 aromatic heterocycles. The molecule has 1 aromatic rings. The molecule has 0 spiro atoms. The molecule has 0 aromatic carbocycles. The maximum atomic E-state index is 4.25. The lowest BCUT2D eigenvalue weighted by molar-refractivity contribution is 1.10. The number of likely N-dealkylation sites (N-methyl/N-ethyl adjacent to an activating group) is 1. The van der Waals surface area contributed by atoms with E-state index in [1.165, 1.54) is 0 Å². The standard InChI is InChI=1S/C13H16N2/c1-5-7-12(6-2)15(4)13-9-8-11(3)14-10-13/h5-10H,1-2H2,3-4H3/b12-7+. The zero-order valence-electron chi connectivity index (χ0n) is 9.27. The molecule has 0 saturated carbocycles. The number of anilines is 1. The van der Waals surface area contributed by atoms with E-state index in [1.807, 2.05) is 43.3 Å². The van der Waals surface area contributed by atoms with Crippen molar-refractivity contribution in [2.45, 2.75) is 6.92 Å². The summed E-state index contributed by atoms with van der Waals surface area (Å²) in [6.45, 7) is 9.41. The topological polar surface area (TPSA) is 16.1 Å². The predicted octanol–water partition coefficient (Wildman–Crippen LogP) is 3.08. The molecule has 0 bridgehead atoms. The molecule has 0 saturated heterocycles. The van der Waals surface area contributed by atoms with Crippen LogP contribution in [0.25, 0.3) is 0 Å². The highest BCUT2D eigenvalue weighted by Crippen LogP contribution is 2.16. The Kier molecular flexibility index (Phi) is 3.86. The molecule has 0 aliphatic carbocycles. The van der Waals surface area contributed by atoms with Gasteiger partial charge in [0.25, 0.3) is 0 Å². The molecule has 0 amide bonds. The van der Waals surface area contributed by atoms with Gasteiger partial charge in [0.15, 0.2) is 0 Å². The van der Waals surface area contributed by atoms with E-state index in [9.17, 15) is 0 Å². The van der Waals surface area contributed by atoms with Crippen molar-refractivity contribution in [3.63, 3.8) is 0 Å². The third kappa shape index (κ3) is 2.81. The van der Waals surface area contributed by atoms with Gasteiger partial charge in [-0.05, 0) is 31.2 Å². The van der Waals surface area contributed by atoms with Crippen LogP contribution in [0.1, 0.15) is 5.69 Å². The molecule has 1 heterocycles. The molecule has 0 N–H and O–H groups in total. The first-order chi connectivity index (χ1) is 7.19. The molecule has 2 heteroatoms. The highest BCUT2D eigenvalue weighted by molar-refractivity contribution is 5.52. The molecular formula is C13H16N2. The van der Waals surface area contributed by atoms with Crippen LogP contribution < -0.4 is 4.90 Å². The van der Waals surface area contributed by atoms with E-state index in [1.54, 1.807) is 12.2 Å². The number of rotatable bonds is 4. The summed E-state index contributed by atoms with van der Waals surface area (Å²) >= 11 is 0. The Morgan fingerprint density at radius 2 is 2.13 bits per heavy atom. The second kappa shape index (κ2) is 5.15. The van der Waals surface area contributed by atoms with Crippen LogP contribution in [0.5, 0.6) is 0 Å². The van der Waals surface area contributed by atoms with E-state index in [0.29, 0.717) is 0 Å². The van der Waals surface area contributed by atoms with E-state index in [4.69, 9.17) is 0 Å². The Morgan fingerprint density at radius 1 is 1.40 bits per heavy atom. The zero-order valence-corrected chi connectivity index (χ0v) is 9.27. The van der Waals surface area contributed by atoms with Crippen molar-refractivity contribution < 1.29 is 0 Å². The van der Waals surface area contributed by atoms with Gasteiger partial charge in [-0.15, -0.1) is 0 Å². The molecule has 1 rings (SSSR count). The van der Waals surface area contributed by atoms with E-state index in [-0.39, 0.29) is 0 Å². The summed E-state index contributed by atoms with van der Waals surface area (Å²) in [7, 11) is 1.98. The van der Waals surface area contributed by atoms with Gasteiger partial charge in [-0.1, -0.05) is 19.2 Å². The van der Waals surface area contributed by atoms with Crippen LogP contribution in [-0.2, 0) is 0 Å². The second-order valence-electron chi connectivity index (χ2n) is 3.25. The van der Waals surface area contributed by atoms with E-state index < -0.39 is 0 Å². The molecule has 78 valence electrons. The fourth-order valence-corrected chi connectivity index (χ4v) is 1.24. The average Bonchev–Trinajstić information content (AvgIpc) is 2.26. The van der Waals surface area contributed by atoms with E-state index in [2.05, 4.69) is 18.1 Å². The van der Waals surface area contributed by atoms with Crippen LogP contribution in [0.3, 0.4) is 0 Å². The Labute approximate surface area is 91.3 Å². The summed E-state index contributed by atoms with van der Waals surface area (Å²) < 4.78 is 0. The van der Waals surface area contributed by atoms with Gasteiger partial charge in [0.05, 0.1) is 11.9 Å². The largest absolute Gasteiger partial charge is 0.343 e. The Morgan fingerprint density at radius 3 is 2.60 bits per heavy atom.